The molecular weight excluding hydrogens is 553 g/mol. The molecule has 0 spiro atoms. The average Bonchev–Trinajstić information content (AvgIpc) is 3.13. The molecule has 11 aromatic rings. The highest BCUT2D eigenvalue weighted by atomic mass is 14.2. The molecule has 0 radical (unpaired) electrons. The van der Waals surface area contributed by atoms with Crippen molar-refractivity contribution in [2.24, 2.45) is 0 Å². The molecule has 0 bridgehead atoms. The molecule has 0 aromatic heterocycles. The van der Waals surface area contributed by atoms with E-state index in [9.17, 15) is 0 Å². The lowest BCUT2D eigenvalue weighted by Gasteiger charge is -2.17. The van der Waals surface area contributed by atoms with Crippen LogP contribution in [0, 0.1) is 0 Å². The lowest BCUT2D eigenvalue weighted by atomic mass is 9.86. The van der Waals surface area contributed by atoms with Crippen LogP contribution in [0.1, 0.15) is 0 Å². The molecule has 0 saturated heterocycles. The monoisotopic (exact) mass is 578 g/mol. The molecule has 0 nitrogen and oxygen atoms in total. The first-order chi connectivity index (χ1) is 22.8. The SMILES string of the molecule is c1ccc2c(c1)ccc1ccc3ccc4ccc5ccc6ccc7ccc8ccc9ccc%10ccccc%10c9c8c7c6c5c4c3c12. The van der Waals surface area contributed by atoms with Crippen LogP contribution in [0.3, 0.4) is 0 Å². The fraction of sp³-hybridized carbons (Fsp3) is 0. The summed E-state index contributed by atoms with van der Waals surface area (Å²) in [6.45, 7) is 0. The molecule has 0 unspecified atom stereocenters. The predicted octanol–water partition coefficient (Wildman–Crippen LogP) is 13.2. The van der Waals surface area contributed by atoms with Crippen molar-refractivity contribution in [3.05, 3.63) is 158 Å². The Morgan fingerprint density at radius 2 is 0.348 bits per heavy atom. The fourth-order valence-electron chi connectivity index (χ4n) is 8.48. The summed E-state index contributed by atoms with van der Waals surface area (Å²) in [5, 5.41) is 26.2. The smallest absolute Gasteiger partial charge is 0.00139 e. The summed E-state index contributed by atoms with van der Waals surface area (Å²) in [5.41, 5.74) is 0. The van der Waals surface area contributed by atoms with Crippen molar-refractivity contribution >= 4 is 108 Å². The maximum atomic E-state index is 2.32. The Kier molecular flexibility index (Phi) is 4.66. The van der Waals surface area contributed by atoms with Crippen LogP contribution in [-0.4, -0.2) is 0 Å². The third-order valence-electron chi connectivity index (χ3n) is 10.5. The van der Waals surface area contributed by atoms with Crippen molar-refractivity contribution < 1.29 is 0 Å². The van der Waals surface area contributed by atoms with Gasteiger partial charge < -0.3 is 0 Å². The van der Waals surface area contributed by atoms with Crippen LogP contribution in [0.5, 0.6) is 0 Å². The van der Waals surface area contributed by atoms with Gasteiger partial charge in [-0.1, -0.05) is 158 Å². The van der Waals surface area contributed by atoms with Gasteiger partial charge in [0.15, 0.2) is 0 Å². The molecule has 0 heteroatoms. The highest BCUT2D eigenvalue weighted by Crippen LogP contribution is 2.46. The van der Waals surface area contributed by atoms with E-state index in [-0.39, 0.29) is 0 Å². The summed E-state index contributed by atoms with van der Waals surface area (Å²) in [7, 11) is 0. The molecule has 46 heavy (non-hydrogen) atoms. The number of hydrogen-bond acceptors (Lipinski definition) is 0. The third-order valence-corrected chi connectivity index (χ3v) is 10.5. The van der Waals surface area contributed by atoms with Crippen molar-refractivity contribution in [2.75, 3.05) is 0 Å². The van der Waals surface area contributed by atoms with Gasteiger partial charge in [-0.25, -0.2) is 0 Å². The van der Waals surface area contributed by atoms with Gasteiger partial charge in [0, 0.05) is 0 Å². The molecule has 0 atom stereocenters. The Labute approximate surface area is 264 Å². The summed E-state index contributed by atoms with van der Waals surface area (Å²) >= 11 is 0. The minimum absolute atomic E-state index is 1.28. The van der Waals surface area contributed by atoms with Crippen molar-refractivity contribution in [3.63, 3.8) is 0 Å². The zero-order valence-corrected chi connectivity index (χ0v) is 25.0. The summed E-state index contributed by atoms with van der Waals surface area (Å²) in [6.07, 6.45) is 0. The molecule has 0 saturated carbocycles. The standard InChI is InChI=1S/C46H26/c1-3-7-37-27(5-1)9-11-29-13-15-31-17-19-33-21-23-35-25-26-36-24-22-34-20-18-32-16-14-30-12-10-28-6-2-4-8-38(28)40(30)42(32)44(34)46(36)45(35)43(33)41(31)39(29)37/h1-26H. The molecule has 0 aliphatic heterocycles. The first-order valence-corrected chi connectivity index (χ1v) is 16.1. The summed E-state index contributed by atoms with van der Waals surface area (Å²) in [6, 6.07) is 59.2. The number of fused-ring (bicyclic) bond motifs is 19. The van der Waals surface area contributed by atoms with Gasteiger partial charge in [-0.2, -0.15) is 0 Å². The molecule has 11 aromatic carbocycles. The van der Waals surface area contributed by atoms with Gasteiger partial charge in [0.2, 0.25) is 0 Å². The Morgan fingerprint density at radius 1 is 0.152 bits per heavy atom. The Balaban J connectivity index is 1.50. The molecular formula is C46H26. The highest BCUT2D eigenvalue weighted by Gasteiger charge is 2.17. The van der Waals surface area contributed by atoms with Crippen LogP contribution in [0.25, 0.3) is 108 Å². The number of benzene rings is 11. The van der Waals surface area contributed by atoms with Gasteiger partial charge in [-0.05, 0) is 108 Å². The van der Waals surface area contributed by atoms with Gasteiger partial charge in [-0.3, -0.25) is 0 Å². The molecule has 0 heterocycles. The minimum Gasteiger partial charge on any atom is -0.0616 e. The molecule has 0 aliphatic carbocycles. The first-order valence-electron chi connectivity index (χ1n) is 16.1. The summed E-state index contributed by atoms with van der Waals surface area (Å²) < 4.78 is 0. The van der Waals surface area contributed by atoms with E-state index in [1.165, 1.54) is 108 Å². The Bertz CT molecular complexity index is 2870. The molecule has 0 fully saturated rings. The van der Waals surface area contributed by atoms with E-state index in [1.54, 1.807) is 0 Å². The van der Waals surface area contributed by atoms with Crippen LogP contribution in [0.15, 0.2) is 158 Å². The lowest BCUT2D eigenvalue weighted by Crippen LogP contribution is -1.89. The van der Waals surface area contributed by atoms with Crippen LogP contribution in [0.4, 0.5) is 0 Å². The largest absolute Gasteiger partial charge is 0.0616 e. The zero-order valence-electron chi connectivity index (χ0n) is 25.0. The summed E-state index contributed by atoms with van der Waals surface area (Å²) in [5.74, 6) is 0. The van der Waals surface area contributed by atoms with Gasteiger partial charge in [0.25, 0.3) is 0 Å². The fourth-order valence-corrected chi connectivity index (χ4v) is 8.48. The van der Waals surface area contributed by atoms with E-state index < -0.39 is 0 Å². The van der Waals surface area contributed by atoms with Crippen molar-refractivity contribution in [2.45, 2.75) is 0 Å². The number of rotatable bonds is 0. The average molecular weight is 579 g/mol. The quantitative estimate of drug-likeness (QED) is 0.157. The molecule has 0 aliphatic rings. The number of hydrogen-bond donors (Lipinski definition) is 0. The second-order valence-corrected chi connectivity index (χ2v) is 12.8. The van der Waals surface area contributed by atoms with Gasteiger partial charge in [0.05, 0.1) is 0 Å². The maximum Gasteiger partial charge on any atom is -0.00139 e. The zero-order chi connectivity index (χ0) is 29.9. The third kappa shape index (κ3) is 3.13. The van der Waals surface area contributed by atoms with Crippen LogP contribution < -0.4 is 0 Å². The Hall–Kier alpha value is -5.98. The van der Waals surface area contributed by atoms with Crippen molar-refractivity contribution in [1.29, 1.82) is 0 Å². The van der Waals surface area contributed by atoms with Crippen LogP contribution in [0.2, 0.25) is 0 Å². The highest BCUT2D eigenvalue weighted by molar-refractivity contribution is 6.41. The first kappa shape index (κ1) is 24.4. The summed E-state index contributed by atoms with van der Waals surface area (Å²) in [4.78, 5) is 0. The van der Waals surface area contributed by atoms with Gasteiger partial charge >= 0.3 is 0 Å². The normalized spacial score (nSPS) is 12.3. The topological polar surface area (TPSA) is 0 Å². The molecule has 0 N–H and O–H groups in total. The second kappa shape index (κ2) is 8.81. The van der Waals surface area contributed by atoms with Crippen molar-refractivity contribution in [1.82, 2.24) is 0 Å². The van der Waals surface area contributed by atoms with Crippen molar-refractivity contribution in [3.8, 4) is 0 Å². The molecule has 210 valence electrons. The van der Waals surface area contributed by atoms with E-state index >= 15 is 0 Å². The lowest BCUT2D eigenvalue weighted by molar-refractivity contribution is 1.79. The second-order valence-electron chi connectivity index (χ2n) is 12.8. The van der Waals surface area contributed by atoms with E-state index in [1.807, 2.05) is 0 Å². The van der Waals surface area contributed by atoms with E-state index in [0.717, 1.165) is 0 Å². The van der Waals surface area contributed by atoms with E-state index in [4.69, 9.17) is 0 Å². The van der Waals surface area contributed by atoms with E-state index in [2.05, 4.69) is 158 Å². The van der Waals surface area contributed by atoms with Gasteiger partial charge in [-0.15, -0.1) is 0 Å². The Morgan fingerprint density at radius 3 is 0.630 bits per heavy atom. The predicted molar refractivity (Wildman–Crippen MR) is 202 cm³/mol. The molecule has 0 amide bonds. The molecule has 11 rings (SSSR count). The van der Waals surface area contributed by atoms with E-state index in [0.29, 0.717) is 0 Å². The van der Waals surface area contributed by atoms with Crippen LogP contribution in [-0.2, 0) is 0 Å². The van der Waals surface area contributed by atoms with Gasteiger partial charge in [0.1, 0.15) is 0 Å². The minimum atomic E-state index is 1.28. The maximum absolute atomic E-state index is 2.32. The van der Waals surface area contributed by atoms with Crippen LogP contribution >= 0.6 is 0 Å².